The summed E-state index contributed by atoms with van der Waals surface area (Å²) in [4.78, 5) is 12.9. The zero-order chi connectivity index (χ0) is 14.7. The predicted molar refractivity (Wildman–Crippen MR) is 74.6 cm³/mol. The number of hydrogen-bond acceptors (Lipinski definition) is 4. The summed E-state index contributed by atoms with van der Waals surface area (Å²) in [6.07, 6.45) is 1.81. The topological polar surface area (TPSA) is 75.8 Å². The fourth-order valence-electron chi connectivity index (χ4n) is 2.50. The summed E-state index contributed by atoms with van der Waals surface area (Å²) in [5.74, 6) is -1.63. The Bertz CT molecular complexity index is 499. The lowest BCUT2D eigenvalue weighted by Crippen LogP contribution is -2.37. The van der Waals surface area contributed by atoms with Gasteiger partial charge in [-0.15, -0.1) is 0 Å². The molecule has 0 radical (unpaired) electrons. The molecule has 6 heteroatoms. The van der Waals surface area contributed by atoms with Crippen LogP contribution >= 0.6 is 0 Å². The number of anilines is 2. The van der Waals surface area contributed by atoms with Crippen molar-refractivity contribution < 1.29 is 19.0 Å². The third-order valence-corrected chi connectivity index (χ3v) is 3.53. The molecule has 1 aromatic carbocycles. The van der Waals surface area contributed by atoms with Crippen LogP contribution in [0, 0.1) is 5.82 Å². The number of nitrogen functional groups attached to an aromatic ring is 1. The number of carboxylic acids is 1. The number of nitrogens with zero attached hydrogens (tertiary/aromatic N) is 1. The van der Waals surface area contributed by atoms with Crippen LogP contribution in [-0.4, -0.2) is 36.9 Å². The second kappa shape index (κ2) is 6.09. The summed E-state index contributed by atoms with van der Waals surface area (Å²) < 4.78 is 19.5. The van der Waals surface area contributed by atoms with Crippen molar-refractivity contribution in [1.82, 2.24) is 0 Å². The Hall–Kier alpha value is -1.82. The van der Waals surface area contributed by atoms with E-state index in [0.29, 0.717) is 25.4 Å². The number of piperidine rings is 1. The van der Waals surface area contributed by atoms with Gasteiger partial charge in [-0.25, -0.2) is 9.18 Å². The Morgan fingerprint density at radius 1 is 1.50 bits per heavy atom. The molecular formula is C14H19FN2O3. The highest BCUT2D eigenvalue weighted by Gasteiger charge is 2.23. The van der Waals surface area contributed by atoms with Crippen LogP contribution in [0.25, 0.3) is 0 Å². The largest absolute Gasteiger partial charge is 0.478 e. The van der Waals surface area contributed by atoms with Gasteiger partial charge in [0.2, 0.25) is 0 Å². The molecule has 2 rings (SSSR count). The number of benzene rings is 1. The number of aromatic carboxylic acids is 1. The summed E-state index contributed by atoms with van der Waals surface area (Å²) in [6, 6.07) is 2.39. The zero-order valence-corrected chi connectivity index (χ0v) is 11.4. The van der Waals surface area contributed by atoms with E-state index >= 15 is 0 Å². The van der Waals surface area contributed by atoms with Gasteiger partial charge in [0.25, 0.3) is 0 Å². The smallest absolute Gasteiger partial charge is 0.337 e. The van der Waals surface area contributed by atoms with Crippen molar-refractivity contribution in [2.75, 3.05) is 30.3 Å². The first-order valence-corrected chi connectivity index (χ1v) is 6.71. The van der Waals surface area contributed by atoms with E-state index in [2.05, 4.69) is 0 Å². The number of rotatable bonds is 4. The van der Waals surface area contributed by atoms with Gasteiger partial charge in [-0.1, -0.05) is 0 Å². The summed E-state index contributed by atoms with van der Waals surface area (Å²) >= 11 is 0. The molecule has 1 aromatic rings. The van der Waals surface area contributed by atoms with Gasteiger partial charge < -0.3 is 20.5 Å². The van der Waals surface area contributed by atoms with Crippen molar-refractivity contribution in [2.45, 2.75) is 25.9 Å². The molecule has 0 unspecified atom stereocenters. The second-order valence-corrected chi connectivity index (χ2v) is 4.84. The lowest BCUT2D eigenvalue weighted by molar-refractivity contribution is 0.0458. The Morgan fingerprint density at radius 2 is 2.15 bits per heavy atom. The van der Waals surface area contributed by atoms with E-state index in [0.717, 1.165) is 18.9 Å². The monoisotopic (exact) mass is 282 g/mol. The molecule has 1 saturated heterocycles. The van der Waals surface area contributed by atoms with Crippen molar-refractivity contribution >= 4 is 17.3 Å². The van der Waals surface area contributed by atoms with Crippen molar-refractivity contribution in [3.63, 3.8) is 0 Å². The molecule has 0 amide bonds. The van der Waals surface area contributed by atoms with Gasteiger partial charge in [-0.05, 0) is 31.9 Å². The number of carbonyl (C=O) groups is 1. The Labute approximate surface area is 117 Å². The SMILES string of the molecule is CCOC1CCN(c2cc(C(=O)O)c(N)cc2F)CC1. The Kier molecular flexibility index (Phi) is 4.44. The molecule has 0 saturated carbocycles. The lowest BCUT2D eigenvalue weighted by atomic mass is 10.1. The van der Waals surface area contributed by atoms with Crippen LogP contribution in [0.1, 0.15) is 30.1 Å². The molecule has 1 aliphatic heterocycles. The maximum atomic E-state index is 14.0. The molecule has 1 aliphatic rings. The Balaban J connectivity index is 2.17. The highest BCUT2D eigenvalue weighted by Crippen LogP contribution is 2.28. The molecule has 110 valence electrons. The average Bonchev–Trinajstić information content (AvgIpc) is 2.40. The predicted octanol–water partition coefficient (Wildman–Crippen LogP) is 2.11. The van der Waals surface area contributed by atoms with E-state index in [1.54, 1.807) is 0 Å². The van der Waals surface area contributed by atoms with Gasteiger partial charge in [0.05, 0.1) is 17.4 Å². The molecule has 1 heterocycles. The first-order valence-electron chi connectivity index (χ1n) is 6.71. The van der Waals surface area contributed by atoms with Crippen LogP contribution in [0.4, 0.5) is 15.8 Å². The molecule has 5 nitrogen and oxygen atoms in total. The quantitative estimate of drug-likeness (QED) is 0.827. The number of hydrogen-bond donors (Lipinski definition) is 2. The van der Waals surface area contributed by atoms with Gasteiger partial charge >= 0.3 is 5.97 Å². The van der Waals surface area contributed by atoms with E-state index in [1.807, 2.05) is 11.8 Å². The molecule has 1 fully saturated rings. The third-order valence-electron chi connectivity index (χ3n) is 3.53. The minimum atomic E-state index is -1.15. The number of nitrogens with two attached hydrogens (primary N) is 1. The van der Waals surface area contributed by atoms with E-state index < -0.39 is 11.8 Å². The normalized spacial score (nSPS) is 16.4. The molecule has 0 spiro atoms. The molecule has 20 heavy (non-hydrogen) atoms. The zero-order valence-electron chi connectivity index (χ0n) is 11.4. The van der Waals surface area contributed by atoms with Crippen LogP contribution < -0.4 is 10.6 Å². The standard InChI is InChI=1S/C14H19FN2O3/c1-2-20-9-3-5-17(6-4-9)13-7-10(14(18)19)12(16)8-11(13)15/h7-9H,2-6,16H2,1H3,(H,18,19). The van der Waals surface area contributed by atoms with Gasteiger partial charge in [-0.3, -0.25) is 0 Å². The van der Waals surface area contributed by atoms with Crippen molar-refractivity contribution in [3.8, 4) is 0 Å². The molecule has 0 aliphatic carbocycles. The minimum Gasteiger partial charge on any atom is -0.478 e. The van der Waals surface area contributed by atoms with Crippen LogP contribution in [-0.2, 0) is 4.74 Å². The highest BCUT2D eigenvalue weighted by atomic mass is 19.1. The molecule has 3 N–H and O–H groups in total. The Morgan fingerprint density at radius 3 is 2.70 bits per heavy atom. The summed E-state index contributed by atoms with van der Waals surface area (Å²) in [7, 11) is 0. The molecule has 0 aromatic heterocycles. The van der Waals surface area contributed by atoms with E-state index in [1.165, 1.54) is 6.07 Å². The minimum absolute atomic E-state index is 0.0528. The summed E-state index contributed by atoms with van der Waals surface area (Å²) in [5, 5.41) is 9.05. The first kappa shape index (κ1) is 14.6. The van der Waals surface area contributed by atoms with Crippen LogP contribution in [0.3, 0.4) is 0 Å². The van der Waals surface area contributed by atoms with Crippen LogP contribution in [0.2, 0.25) is 0 Å². The van der Waals surface area contributed by atoms with Gasteiger partial charge in [-0.2, -0.15) is 0 Å². The number of halogens is 1. The van der Waals surface area contributed by atoms with Gasteiger partial charge in [0.1, 0.15) is 5.82 Å². The maximum absolute atomic E-state index is 14.0. The average molecular weight is 282 g/mol. The first-order chi connectivity index (χ1) is 9.52. The maximum Gasteiger partial charge on any atom is 0.337 e. The van der Waals surface area contributed by atoms with E-state index in [9.17, 15) is 9.18 Å². The van der Waals surface area contributed by atoms with E-state index in [4.69, 9.17) is 15.6 Å². The van der Waals surface area contributed by atoms with Crippen molar-refractivity contribution in [3.05, 3.63) is 23.5 Å². The van der Waals surface area contributed by atoms with E-state index in [-0.39, 0.29) is 17.4 Å². The van der Waals surface area contributed by atoms with Crippen molar-refractivity contribution in [2.24, 2.45) is 0 Å². The number of ether oxygens (including phenoxy) is 1. The third kappa shape index (κ3) is 3.01. The molecule has 0 atom stereocenters. The van der Waals surface area contributed by atoms with Crippen LogP contribution in [0.5, 0.6) is 0 Å². The second-order valence-electron chi connectivity index (χ2n) is 4.84. The fraction of sp³-hybridized carbons (Fsp3) is 0.500. The number of carboxylic acid groups (broad SMARTS) is 1. The van der Waals surface area contributed by atoms with Crippen molar-refractivity contribution in [1.29, 1.82) is 0 Å². The van der Waals surface area contributed by atoms with Crippen LogP contribution in [0.15, 0.2) is 12.1 Å². The molecular weight excluding hydrogens is 263 g/mol. The fourth-order valence-corrected chi connectivity index (χ4v) is 2.50. The van der Waals surface area contributed by atoms with Gasteiger partial charge in [0.15, 0.2) is 0 Å². The summed E-state index contributed by atoms with van der Waals surface area (Å²) in [5.41, 5.74) is 5.71. The summed E-state index contributed by atoms with van der Waals surface area (Å²) in [6.45, 7) is 3.91. The highest BCUT2D eigenvalue weighted by molar-refractivity contribution is 5.95. The molecule has 0 bridgehead atoms. The lowest BCUT2D eigenvalue weighted by Gasteiger charge is -2.33. The van der Waals surface area contributed by atoms with Gasteiger partial charge in [0, 0.05) is 25.4 Å².